The fourth-order valence-corrected chi connectivity index (χ4v) is 1.13. The third-order valence-electron chi connectivity index (χ3n) is 1.82. The van der Waals surface area contributed by atoms with Gasteiger partial charge in [-0.05, 0) is 24.6 Å². The van der Waals surface area contributed by atoms with Crippen molar-refractivity contribution in [1.29, 1.82) is 0 Å². The molecule has 0 aromatic heterocycles. The second kappa shape index (κ2) is 4.81. The zero-order valence-corrected chi connectivity index (χ0v) is 8.28. The van der Waals surface area contributed by atoms with Crippen LogP contribution in [0.2, 0.25) is 0 Å². The molecule has 1 atom stereocenters. The quantitative estimate of drug-likeness (QED) is 0.592. The van der Waals surface area contributed by atoms with Crippen LogP contribution in [-0.4, -0.2) is 12.4 Å². The number of benzene rings is 1. The van der Waals surface area contributed by atoms with Crippen LogP contribution in [0.25, 0.3) is 0 Å². The lowest BCUT2D eigenvalue weighted by atomic mass is 10.1. The Morgan fingerprint density at radius 1 is 1.44 bits per heavy atom. The van der Waals surface area contributed by atoms with Crippen molar-refractivity contribution in [1.82, 2.24) is 0 Å². The topological polar surface area (TPSA) is 38.7 Å². The van der Waals surface area contributed by atoms with Crippen LogP contribution < -0.4 is 4.74 Å². The molecule has 0 aliphatic heterocycles. The zero-order valence-electron chi connectivity index (χ0n) is 8.28. The van der Waals surface area contributed by atoms with Crippen LogP contribution in [0.15, 0.2) is 29.3 Å². The summed E-state index contributed by atoms with van der Waals surface area (Å²) in [5.41, 5.74) is 0.449. The number of ether oxygens (including phenoxy) is 1. The molecule has 0 aliphatic rings. The van der Waals surface area contributed by atoms with E-state index in [4.69, 9.17) is 0 Å². The first kappa shape index (κ1) is 12.3. The van der Waals surface area contributed by atoms with E-state index in [0.29, 0.717) is 5.56 Å². The molecule has 0 unspecified atom stereocenters. The van der Waals surface area contributed by atoms with Gasteiger partial charge in [0.25, 0.3) is 0 Å². The molecule has 1 aromatic rings. The Bertz CT molecular complexity index is 411. The van der Waals surface area contributed by atoms with Gasteiger partial charge in [-0.15, -0.1) is 13.2 Å². The summed E-state index contributed by atoms with van der Waals surface area (Å²) in [5, 5.41) is 0. The first-order chi connectivity index (χ1) is 7.42. The largest absolute Gasteiger partial charge is 0.573 e. The molecule has 0 saturated heterocycles. The average Bonchev–Trinajstić information content (AvgIpc) is 2.16. The highest BCUT2D eigenvalue weighted by atomic mass is 19.4. The van der Waals surface area contributed by atoms with Crippen molar-refractivity contribution in [3.8, 4) is 5.75 Å². The van der Waals surface area contributed by atoms with Gasteiger partial charge in [0.2, 0.25) is 6.08 Å². The van der Waals surface area contributed by atoms with E-state index in [9.17, 15) is 18.0 Å². The lowest BCUT2D eigenvalue weighted by Crippen LogP contribution is -2.17. The summed E-state index contributed by atoms with van der Waals surface area (Å²) in [6.07, 6.45) is -3.38. The van der Waals surface area contributed by atoms with Crippen LogP contribution in [0.1, 0.15) is 18.5 Å². The molecule has 0 spiro atoms. The first-order valence-corrected chi connectivity index (χ1v) is 4.35. The molecule has 1 aromatic carbocycles. The minimum absolute atomic E-state index is 0.335. The van der Waals surface area contributed by atoms with Gasteiger partial charge in [0.05, 0.1) is 6.04 Å². The zero-order chi connectivity index (χ0) is 12.2. The molecule has 0 N–H and O–H groups in total. The summed E-state index contributed by atoms with van der Waals surface area (Å²) in [5.74, 6) is -0.335. The minimum atomic E-state index is -4.73. The summed E-state index contributed by atoms with van der Waals surface area (Å²) in [6.45, 7) is 1.57. The van der Waals surface area contributed by atoms with Crippen LogP contribution in [0, 0.1) is 0 Å². The lowest BCUT2D eigenvalue weighted by molar-refractivity contribution is -0.274. The van der Waals surface area contributed by atoms with Gasteiger partial charge in [-0.3, -0.25) is 0 Å². The molecule has 0 saturated carbocycles. The number of rotatable bonds is 3. The molecule has 0 amide bonds. The number of alkyl halides is 3. The highest BCUT2D eigenvalue weighted by molar-refractivity contribution is 5.37. The van der Waals surface area contributed by atoms with Gasteiger partial charge < -0.3 is 4.74 Å². The van der Waals surface area contributed by atoms with E-state index in [2.05, 4.69) is 9.73 Å². The molecule has 3 nitrogen and oxygen atoms in total. The second-order valence-corrected chi connectivity index (χ2v) is 3.02. The fraction of sp³-hybridized carbons (Fsp3) is 0.300. The molecule has 6 heteroatoms. The third-order valence-corrected chi connectivity index (χ3v) is 1.82. The van der Waals surface area contributed by atoms with Gasteiger partial charge in [-0.1, -0.05) is 12.1 Å². The third kappa shape index (κ3) is 3.74. The predicted octanol–water partition coefficient (Wildman–Crippen LogP) is 2.98. The second-order valence-electron chi connectivity index (χ2n) is 3.02. The smallest absolute Gasteiger partial charge is 0.406 e. The summed E-state index contributed by atoms with van der Waals surface area (Å²) in [7, 11) is 0. The summed E-state index contributed by atoms with van der Waals surface area (Å²) >= 11 is 0. The molecule has 0 fully saturated rings. The maximum absolute atomic E-state index is 11.9. The van der Waals surface area contributed by atoms with Crippen molar-refractivity contribution in [3.63, 3.8) is 0 Å². The van der Waals surface area contributed by atoms with E-state index in [0.717, 1.165) is 0 Å². The van der Waals surface area contributed by atoms with Crippen molar-refractivity contribution in [2.24, 2.45) is 4.99 Å². The predicted molar refractivity (Wildman–Crippen MR) is 49.7 cm³/mol. The van der Waals surface area contributed by atoms with Crippen molar-refractivity contribution < 1.29 is 22.7 Å². The maximum Gasteiger partial charge on any atom is 0.573 e. The maximum atomic E-state index is 11.9. The monoisotopic (exact) mass is 231 g/mol. The Morgan fingerprint density at radius 2 is 2.12 bits per heavy atom. The van der Waals surface area contributed by atoms with Crippen LogP contribution >= 0.6 is 0 Å². The number of halogens is 3. The number of hydrogen-bond acceptors (Lipinski definition) is 3. The SMILES string of the molecule is C[C@@H](N=C=O)c1cccc(OC(F)(F)F)c1. The first-order valence-electron chi connectivity index (χ1n) is 4.35. The Kier molecular flexibility index (Phi) is 3.68. The Hall–Kier alpha value is -1.81. The Balaban J connectivity index is 2.91. The van der Waals surface area contributed by atoms with Gasteiger partial charge in [0.15, 0.2) is 0 Å². The molecular formula is C10H8F3NO2. The molecular weight excluding hydrogens is 223 g/mol. The molecule has 0 heterocycles. The number of aliphatic imine (C=N–C) groups is 1. The van der Waals surface area contributed by atoms with E-state index >= 15 is 0 Å². The highest BCUT2D eigenvalue weighted by Crippen LogP contribution is 2.26. The van der Waals surface area contributed by atoms with Gasteiger partial charge in [0.1, 0.15) is 5.75 Å². The Morgan fingerprint density at radius 3 is 2.69 bits per heavy atom. The van der Waals surface area contributed by atoms with Crippen LogP contribution in [-0.2, 0) is 4.79 Å². The molecule has 0 aliphatic carbocycles. The molecule has 0 radical (unpaired) electrons. The van der Waals surface area contributed by atoms with Crippen LogP contribution in [0.3, 0.4) is 0 Å². The number of nitrogens with zero attached hydrogens (tertiary/aromatic N) is 1. The van der Waals surface area contributed by atoms with E-state index in [1.165, 1.54) is 24.3 Å². The normalized spacial score (nSPS) is 12.8. The van der Waals surface area contributed by atoms with Gasteiger partial charge in [0, 0.05) is 0 Å². The van der Waals surface area contributed by atoms with E-state index in [1.54, 1.807) is 13.0 Å². The molecule has 86 valence electrons. The van der Waals surface area contributed by atoms with Gasteiger partial charge >= 0.3 is 6.36 Å². The van der Waals surface area contributed by atoms with Gasteiger partial charge in [-0.25, -0.2) is 4.79 Å². The minimum Gasteiger partial charge on any atom is -0.406 e. The lowest BCUT2D eigenvalue weighted by Gasteiger charge is -2.10. The van der Waals surface area contributed by atoms with E-state index < -0.39 is 12.4 Å². The number of isocyanates is 1. The molecule has 1 rings (SSSR count). The van der Waals surface area contributed by atoms with Gasteiger partial charge in [-0.2, -0.15) is 4.99 Å². The number of carbonyl (C=O) groups excluding carboxylic acids is 1. The van der Waals surface area contributed by atoms with Crippen molar-refractivity contribution in [3.05, 3.63) is 29.8 Å². The Labute approximate surface area is 89.6 Å². The summed E-state index contributed by atoms with van der Waals surface area (Å²) in [6, 6.07) is 4.75. The van der Waals surface area contributed by atoms with E-state index in [-0.39, 0.29) is 5.75 Å². The standard InChI is InChI=1S/C10H8F3NO2/c1-7(14-6-15)8-3-2-4-9(5-8)16-10(11,12)13/h2-5,7H,1H3/t7-/m1/s1. The average molecular weight is 231 g/mol. The molecule has 16 heavy (non-hydrogen) atoms. The number of hydrogen-bond donors (Lipinski definition) is 0. The fourth-order valence-electron chi connectivity index (χ4n) is 1.13. The van der Waals surface area contributed by atoms with E-state index in [1.807, 2.05) is 0 Å². The highest BCUT2D eigenvalue weighted by Gasteiger charge is 2.31. The van der Waals surface area contributed by atoms with Crippen molar-refractivity contribution in [2.45, 2.75) is 19.3 Å². The van der Waals surface area contributed by atoms with Crippen molar-refractivity contribution >= 4 is 6.08 Å². The summed E-state index contributed by atoms with van der Waals surface area (Å²) in [4.78, 5) is 13.4. The summed E-state index contributed by atoms with van der Waals surface area (Å²) < 4.78 is 39.5. The molecule has 0 bridgehead atoms. The van der Waals surface area contributed by atoms with Crippen LogP contribution in [0.5, 0.6) is 5.75 Å². The van der Waals surface area contributed by atoms with Crippen LogP contribution in [0.4, 0.5) is 13.2 Å². The van der Waals surface area contributed by atoms with Crippen molar-refractivity contribution in [2.75, 3.05) is 0 Å².